The van der Waals surface area contributed by atoms with Crippen LogP contribution in [0.4, 0.5) is 4.79 Å². The van der Waals surface area contributed by atoms with Crippen molar-refractivity contribution >= 4 is 11.9 Å². The lowest BCUT2D eigenvalue weighted by Crippen LogP contribution is -2.53. The van der Waals surface area contributed by atoms with Crippen molar-refractivity contribution in [1.82, 2.24) is 10.2 Å². The normalized spacial score (nSPS) is 40.4. The van der Waals surface area contributed by atoms with Crippen LogP contribution < -0.4 is 5.32 Å². The van der Waals surface area contributed by atoms with Gasteiger partial charge in [-0.2, -0.15) is 0 Å². The third-order valence-corrected chi connectivity index (χ3v) is 5.83. The van der Waals surface area contributed by atoms with Gasteiger partial charge < -0.3 is 5.32 Å². The maximum Gasteiger partial charge on any atom is 0.325 e. The molecule has 4 aliphatic rings. The lowest BCUT2D eigenvalue weighted by atomic mass is 9.76. The summed E-state index contributed by atoms with van der Waals surface area (Å²) in [5, 5.41) is 2.93. The minimum Gasteiger partial charge on any atom is -0.323 e. The van der Waals surface area contributed by atoms with Crippen LogP contribution in [0.15, 0.2) is 0 Å². The maximum atomic E-state index is 12.4. The fourth-order valence-electron chi connectivity index (χ4n) is 4.56. The molecule has 2 bridgehead atoms. The Morgan fingerprint density at radius 2 is 1.89 bits per heavy atom. The van der Waals surface area contributed by atoms with Crippen molar-refractivity contribution in [3.05, 3.63) is 0 Å². The molecule has 0 atom stereocenters. The Hall–Kier alpha value is -1.06. The largest absolute Gasteiger partial charge is 0.325 e. The summed E-state index contributed by atoms with van der Waals surface area (Å²) in [6, 6.07) is -0.135. The first-order valence-corrected chi connectivity index (χ1v) is 7.27. The zero-order valence-corrected chi connectivity index (χ0v) is 10.7. The molecule has 1 N–H and O–H groups in total. The fourth-order valence-corrected chi connectivity index (χ4v) is 4.56. The Kier molecular flexibility index (Phi) is 1.97. The van der Waals surface area contributed by atoms with Gasteiger partial charge in [0.1, 0.15) is 5.54 Å². The third-order valence-electron chi connectivity index (χ3n) is 5.83. The van der Waals surface area contributed by atoms with Crippen molar-refractivity contribution in [3.63, 3.8) is 0 Å². The van der Waals surface area contributed by atoms with Crippen molar-refractivity contribution in [1.29, 1.82) is 0 Å². The molecule has 4 heteroatoms. The Morgan fingerprint density at radius 1 is 1.17 bits per heavy atom. The molecule has 1 aliphatic heterocycles. The van der Waals surface area contributed by atoms with Gasteiger partial charge in [0.25, 0.3) is 5.91 Å². The summed E-state index contributed by atoms with van der Waals surface area (Å²) in [6.45, 7) is 0.677. The Morgan fingerprint density at radius 3 is 2.33 bits per heavy atom. The minimum atomic E-state index is -0.496. The summed E-state index contributed by atoms with van der Waals surface area (Å²) in [7, 11) is 0. The van der Waals surface area contributed by atoms with Crippen LogP contribution in [0.25, 0.3) is 0 Å². The summed E-state index contributed by atoms with van der Waals surface area (Å²) in [5.41, 5.74) is -0.225. The third kappa shape index (κ3) is 1.26. The molecule has 1 heterocycles. The van der Waals surface area contributed by atoms with Gasteiger partial charge in [-0.25, -0.2) is 4.79 Å². The number of urea groups is 1. The molecule has 4 rings (SSSR count). The van der Waals surface area contributed by atoms with E-state index in [1.807, 2.05) is 0 Å². The number of nitrogens with zero attached hydrogens (tertiary/aromatic N) is 1. The van der Waals surface area contributed by atoms with E-state index in [2.05, 4.69) is 5.32 Å². The van der Waals surface area contributed by atoms with Gasteiger partial charge in [-0.15, -0.1) is 0 Å². The molecule has 3 aliphatic carbocycles. The summed E-state index contributed by atoms with van der Waals surface area (Å²) in [6.07, 6.45) is 8.99. The number of nitrogens with one attached hydrogen (secondary N) is 1. The van der Waals surface area contributed by atoms with Crippen molar-refractivity contribution in [2.75, 3.05) is 6.54 Å². The summed E-state index contributed by atoms with van der Waals surface area (Å²) >= 11 is 0. The number of rotatable bonds is 2. The minimum absolute atomic E-state index is 0.0588. The molecule has 0 aromatic rings. The van der Waals surface area contributed by atoms with E-state index in [9.17, 15) is 9.59 Å². The van der Waals surface area contributed by atoms with E-state index in [1.54, 1.807) is 0 Å². The van der Waals surface area contributed by atoms with Gasteiger partial charge in [0, 0.05) is 6.54 Å². The van der Waals surface area contributed by atoms with Gasteiger partial charge in [-0.3, -0.25) is 9.69 Å². The van der Waals surface area contributed by atoms with E-state index in [4.69, 9.17) is 0 Å². The number of hydrogen-bond acceptors (Lipinski definition) is 2. The number of amides is 3. The highest BCUT2D eigenvalue weighted by Crippen LogP contribution is 2.55. The molecule has 4 fully saturated rings. The summed E-state index contributed by atoms with van der Waals surface area (Å²) < 4.78 is 0. The second kappa shape index (κ2) is 3.28. The van der Waals surface area contributed by atoms with Crippen LogP contribution in [0.5, 0.6) is 0 Å². The number of carbonyl (C=O) groups excluding carboxylic acids is 2. The molecule has 3 saturated carbocycles. The second-order valence-electron chi connectivity index (χ2n) is 6.90. The molecular weight excluding hydrogens is 228 g/mol. The van der Waals surface area contributed by atoms with E-state index in [-0.39, 0.29) is 17.4 Å². The molecule has 1 spiro atoms. The van der Waals surface area contributed by atoms with Crippen LogP contribution in [0.2, 0.25) is 0 Å². The first-order chi connectivity index (χ1) is 8.63. The van der Waals surface area contributed by atoms with Crippen LogP contribution in [0.3, 0.4) is 0 Å². The summed E-state index contributed by atoms with van der Waals surface area (Å²) in [5.74, 6) is 0.923. The SMILES string of the molecule is O=C1NC2(CCC2)C(=O)N1CC12CCC(CC1)C2. The molecule has 0 radical (unpaired) electrons. The Balaban J connectivity index is 1.55. The van der Waals surface area contributed by atoms with Gasteiger partial charge in [0.2, 0.25) is 0 Å². The second-order valence-corrected chi connectivity index (χ2v) is 6.90. The highest BCUT2D eigenvalue weighted by molar-refractivity contribution is 6.07. The lowest BCUT2D eigenvalue weighted by molar-refractivity contribution is -0.135. The molecule has 0 unspecified atom stereocenters. The Bertz CT molecular complexity index is 420. The van der Waals surface area contributed by atoms with Crippen LogP contribution in [-0.4, -0.2) is 28.9 Å². The quantitative estimate of drug-likeness (QED) is 0.760. The predicted molar refractivity (Wildman–Crippen MR) is 65.8 cm³/mol. The van der Waals surface area contributed by atoms with E-state index < -0.39 is 5.54 Å². The molecule has 0 aromatic heterocycles. The maximum absolute atomic E-state index is 12.4. The number of imide groups is 1. The molecule has 1 saturated heterocycles. The molecule has 18 heavy (non-hydrogen) atoms. The van der Waals surface area contributed by atoms with Gasteiger partial charge in [0.05, 0.1) is 0 Å². The number of carbonyl (C=O) groups is 2. The van der Waals surface area contributed by atoms with E-state index >= 15 is 0 Å². The average Bonchev–Trinajstić information content (AvgIpc) is 2.95. The van der Waals surface area contributed by atoms with E-state index in [0.29, 0.717) is 6.54 Å². The molecule has 98 valence electrons. The van der Waals surface area contributed by atoms with Crippen molar-refractivity contribution in [3.8, 4) is 0 Å². The average molecular weight is 248 g/mol. The highest BCUT2D eigenvalue weighted by Gasteiger charge is 2.57. The zero-order valence-electron chi connectivity index (χ0n) is 10.7. The number of hydrogen-bond donors (Lipinski definition) is 1. The molecule has 3 amide bonds. The van der Waals surface area contributed by atoms with Crippen molar-refractivity contribution < 1.29 is 9.59 Å². The first kappa shape index (κ1) is 10.8. The zero-order chi connectivity index (χ0) is 12.4. The predicted octanol–water partition coefficient (Wildman–Crippen LogP) is 2.04. The van der Waals surface area contributed by atoms with Crippen molar-refractivity contribution in [2.45, 2.75) is 56.9 Å². The van der Waals surface area contributed by atoms with Crippen LogP contribution in [-0.2, 0) is 4.79 Å². The summed E-state index contributed by atoms with van der Waals surface area (Å²) in [4.78, 5) is 26.0. The lowest BCUT2D eigenvalue weighted by Gasteiger charge is -2.36. The van der Waals surface area contributed by atoms with Gasteiger partial charge in [-0.05, 0) is 62.7 Å². The Labute approximate surface area is 107 Å². The highest BCUT2D eigenvalue weighted by atomic mass is 16.2. The smallest absolute Gasteiger partial charge is 0.323 e. The molecule has 0 aromatic carbocycles. The molecule has 4 nitrogen and oxygen atoms in total. The fraction of sp³-hybridized carbons (Fsp3) is 0.857. The van der Waals surface area contributed by atoms with Gasteiger partial charge >= 0.3 is 6.03 Å². The van der Waals surface area contributed by atoms with Gasteiger partial charge in [0.15, 0.2) is 0 Å². The first-order valence-electron chi connectivity index (χ1n) is 7.27. The van der Waals surface area contributed by atoms with Crippen LogP contribution in [0, 0.1) is 11.3 Å². The van der Waals surface area contributed by atoms with E-state index in [1.165, 1.54) is 37.0 Å². The van der Waals surface area contributed by atoms with Gasteiger partial charge in [-0.1, -0.05) is 0 Å². The number of fused-ring (bicyclic) bond motifs is 2. The standard InChI is InChI=1S/C14H20N2O2/c17-11-14(4-1-5-14)15-12(18)16(11)9-13-6-2-10(8-13)3-7-13/h10H,1-9H2,(H,15,18). The monoisotopic (exact) mass is 248 g/mol. The van der Waals surface area contributed by atoms with Crippen molar-refractivity contribution in [2.24, 2.45) is 11.3 Å². The topological polar surface area (TPSA) is 49.4 Å². The van der Waals surface area contributed by atoms with Crippen LogP contribution >= 0.6 is 0 Å². The van der Waals surface area contributed by atoms with Crippen LogP contribution in [0.1, 0.15) is 51.4 Å². The van der Waals surface area contributed by atoms with E-state index in [0.717, 1.165) is 25.2 Å². The molecular formula is C14H20N2O2.